The van der Waals surface area contributed by atoms with Gasteiger partial charge >= 0.3 is 0 Å². The third kappa shape index (κ3) is 4.12. The van der Waals surface area contributed by atoms with E-state index in [9.17, 15) is 9.18 Å². The third-order valence-electron chi connectivity index (χ3n) is 4.24. The summed E-state index contributed by atoms with van der Waals surface area (Å²) in [6.07, 6.45) is 2.66. The Kier molecular flexibility index (Phi) is 4.93. The van der Waals surface area contributed by atoms with Crippen LogP contribution >= 0.6 is 0 Å². The number of carbonyl (C=O) groups is 1. The average molecular weight is 337 g/mol. The topological polar surface area (TPSA) is 46.9 Å². The van der Waals surface area contributed by atoms with Crippen molar-refractivity contribution in [3.8, 4) is 11.1 Å². The van der Waals surface area contributed by atoms with Gasteiger partial charge in [-0.3, -0.25) is 9.48 Å². The molecule has 128 valence electrons. The van der Waals surface area contributed by atoms with Crippen LogP contribution in [-0.2, 0) is 18.3 Å². The number of anilines is 1. The lowest BCUT2D eigenvalue weighted by Gasteiger charge is -2.07. The normalized spacial score (nSPS) is 10.7. The van der Waals surface area contributed by atoms with Gasteiger partial charge in [0, 0.05) is 30.4 Å². The molecule has 3 rings (SSSR count). The lowest BCUT2D eigenvalue weighted by atomic mass is 10.1. The van der Waals surface area contributed by atoms with Gasteiger partial charge in [0.1, 0.15) is 5.82 Å². The van der Waals surface area contributed by atoms with E-state index < -0.39 is 0 Å². The molecule has 0 spiro atoms. The highest BCUT2D eigenvalue weighted by molar-refractivity contribution is 5.91. The maximum Gasteiger partial charge on any atom is 0.224 e. The molecule has 0 saturated carbocycles. The number of hydrogen-bond donors (Lipinski definition) is 1. The molecule has 4 nitrogen and oxygen atoms in total. The third-order valence-corrected chi connectivity index (χ3v) is 4.24. The second-order valence-electron chi connectivity index (χ2n) is 6.02. The fourth-order valence-corrected chi connectivity index (χ4v) is 2.69. The first-order valence-corrected chi connectivity index (χ1v) is 8.16. The highest BCUT2D eigenvalue weighted by Gasteiger charge is 2.08. The molecule has 25 heavy (non-hydrogen) atoms. The molecule has 0 atom stereocenters. The van der Waals surface area contributed by atoms with Gasteiger partial charge in [0.05, 0.1) is 6.20 Å². The van der Waals surface area contributed by atoms with Crippen LogP contribution in [0, 0.1) is 12.7 Å². The van der Waals surface area contributed by atoms with Crippen molar-refractivity contribution < 1.29 is 9.18 Å². The zero-order valence-electron chi connectivity index (χ0n) is 14.3. The van der Waals surface area contributed by atoms with E-state index in [0.29, 0.717) is 12.8 Å². The summed E-state index contributed by atoms with van der Waals surface area (Å²) in [4.78, 5) is 12.1. The standard InChI is InChI=1S/C20H20FN3O/c1-14-19(13-22-24(14)2)16-7-9-18(10-8-16)23-20(25)11-6-15-4-3-5-17(21)12-15/h3-5,7-10,12-13H,6,11H2,1-2H3,(H,23,25). The molecule has 5 heteroatoms. The number of aromatic nitrogens is 2. The molecular weight excluding hydrogens is 317 g/mol. The van der Waals surface area contributed by atoms with Crippen LogP contribution in [-0.4, -0.2) is 15.7 Å². The molecule has 0 saturated heterocycles. The Labute approximate surface area is 146 Å². The highest BCUT2D eigenvalue weighted by atomic mass is 19.1. The van der Waals surface area contributed by atoms with Crippen LogP contribution in [0.15, 0.2) is 54.7 Å². The number of hydrogen-bond acceptors (Lipinski definition) is 2. The summed E-state index contributed by atoms with van der Waals surface area (Å²) in [5.41, 5.74) is 4.79. The number of rotatable bonds is 5. The van der Waals surface area contributed by atoms with Gasteiger partial charge in [0.2, 0.25) is 5.91 Å². The fourth-order valence-electron chi connectivity index (χ4n) is 2.69. The summed E-state index contributed by atoms with van der Waals surface area (Å²) in [7, 11) is 1.91. The SMILES string of the molecule is Cc1c(-c2ccc(NC(=O)CCc3cccc(F)c3)cc2)cnn1C. The van der Waals surface area contributed by atoms with E-state index in [2.05, 4.69) is 10.4 Å². The van der Waals surface area contributed by atoms with E-state index in [1.807, 2.05) is 55.2 Å². The predicted octanol–water partition coefficient (Wildman–Crippen LogP) is 4.11. The Morgan fingerprint density at radius 3 is 2.60 bits per heavy atom. The van der Waals surface area contributed by atoms with E-state index in [1.165, 1.54) is 12.1 Å². The first-order chi connectivity index (χ1) is 12.0. The van der Waals surface area contributed by atoms with Gasteiger partial charge in [0.15, 0.2) is 0 Å². The summed E-state index contributed by atoms with van der Waals surface area (Å²) >= 11 is 0. The van der Waals surface area contributed by atoms with Crippen molar-refractivity contribution in [3.63, 3.8) is 0 Å². The van der Waals surface area contributed by atoms with Crippen LogP contribution in [0.1, 0.15) is 17.7 Å². The molecule has 0 unspecified atom stereocenters. The van der Waals surface area contributed by atoms with Crippen LogP contribution in [0.25, 0.3) is 11.1 Å². The summed E-state index contributed by atoms with van der Waals surface area (Å²) in [5, 5.41) is 7.11. The van der Waals surface area contributed by atoms with Crippen LogP contribution in [0.5, 0.6) is 0 Å². The predicted molar refractivity (Wildman–Crippen MR) is 96.7 cm³/mol. The van der Waals surface area contributed by atoms with Gasteiger partial charge in [-0.25, -0.2) is 4.39 Å². The maximum atomic E-state index is 13.1. The van der Waals surface area contributed by atoms with Gasteiger partial charge in [-0.15, -0.1) is 0 Å². The molecular formula is C20H20FN3O. The minimum Gasteiger partial charge on any atom is -0.326 e. The first kappa shape index (κ1) is 16.9. The zero-order chi connectivity index (χ0) is 17.8. The number of aryl methyl sites for hydroxylation is 2. The molecule has 2 aromatic carbocycles. The Morgan fingerprint density at radius 1 is 1.20 bits per heavy atom. The van der Waals surface area contributed by atoms with Crippen LogP contribution in [0.2, 0.25) is 0 Å². The smallest absolute Gasteiger partial charge is 0.224 e. The van der Waals surface area contributed by atoms with E-state index in [1.54, 1.807) is 6.07 Å². The van der Waals surface area contributed by atoms with Gasteiger partial charge in [-0.2, -0.15) is 5.10 Å². The maximum absolute atomic E-state index is 13.1. The van der Waals surface area contributed by atoms with Crippen LogP contribution < -0.4 is 5.32 Å². The minimum atomic E-state index is -0.279. The van der Waals surface area contributed by atoms with Crippen molar-refractivity contribution in [1.29, 1.82) is 0 Å². The lowest BCUT2D eigenvalue weighted by Crippen LogP contribution is -2.12. The Morgan fingerprint density at radius 2 is 1.96 bits per heavy atom. The summed E-state index contributed by atoms with van der Waals surface area (Å²) < 4.78 is 15.0. The second-order valence-corrected chi connectivity index (χ2v) is 6.02. The number of amides is 1. The van der Waals surface area contributed by atoms with E-state index in [0.717, 1.165) is 28.1 Å². The molecule has 1 N–H and O–H groups in total. The zero-order valence-corrected chi connectivity index (χ0v) is 14.3. The van der Waals surface area contributed by atoms with Gasteiger partial charge in [0.25, 0.3) is 0 Å². The summed E-state index contributed by atoms with van der Waals surface area (Å²) in [6, 6.07) is 14.0. The summed E-state index contributed by atoms with van der Waals surface area (Å²) in [6.45, 7) is 2.02. The number of nitrogens with one attached hydrogen (secondary N) is 1. The van der Waals surface area contributed by atoms with Crippen molar-refractivity contribution in [2.75, 3.05) is 5.32 Å². The number of nitrogens with zero attached hydrogens (tertiary/aromatic N) is 2. The molecule has 0 aliphatic carbocycles. The van der Waals surface area contributed by atoms with Crippen molar-refractivity contribution in [3.05, 3.63) is 71.8 Å². The first-order valence-electron chi connectivity index (χ1n) is 8.16. The van der Waals surface area contributed by atoms with Gasteiger partial charge < -0.3 is 5.32 Å². The number of carbonyl (C=O) groups excluding carboxylic acids is 1. The average Bonchev–Trinajstić information content (AvgIpc) is 2.93. The minimum absolute atomic E-state index is 0.0884. The Hall–Kier alpha value is -2.95. The molecule has 0 aliphatic heterocycles. The molecule has 1 amide bonds. The fraction of sp³-hybridized carbons (Fsp3) is 0.200. The monoisotopic (exact) mass is 337 g/mol. The summed E-state index contributed by atoms with van der Waals surface area (Å²) in [5.74, 6) is -0.367. The quantitative estimate of drug-likeness (QED) is 0.762. The van der Waals surface area contributed by atoms with Crippen LogP contribution in [0.3, 0.4) is 0 Å². The molecule has 0 fully saturated rings. The van der Waals surface area contributed by atoms with E-state index >= 15 is 0 Å². The van der Waals surface area contributed by atoms with Crippen molar-refractivity contribution in [2.45, 2.75) is 19.8 Å². The van der Waals surface area contributed by atoms with Crippen molar-refractivity contribution >= 4 is 11.6 Å². The van der Waals surface area contributed by atoms with Gasteiger partial charge in [-0.1, -0.05) is 24.3 Å². The molecule has 0 bridgehead atoms. The highest BCUT2D eigenvalue weighted by Crippen LogP contribution is 2.24. The lowest BCUT2D eigenvalue weighted by molar-refractivity contribution is -0.116. The van der Waals surface area contributed by atoms with E-state index in [4.69, 9.17) is 0 Å². The van der Waals surface area contributed by atoms with Crippen molar-refractivity contribution in [1.82, 2.24) is 9.78 Å². The molecule has 3 aromatic rings. The molecule has 0 aliphatic rings. The molecule has 0 radical (unpaired) electrons. The van der Waals surface area contributed by atoms with Crippen LogP contribution in [0.4, 0.5) is 10.1 Å². The molecule has 1 heterocycles. The Bertz CT molecular complexity index is 884. The van der Waals surface area contributed by atoms with Crippen molar-refractivity contribution in [2.24, 2.45) is 7.05 Å². The largest absolute Gasteiger partial charge is 0.326 e. The number of benzene rings is 2. The molecule has 1 aromatic heterocycles. The Balaban J connectivity index is 1.59. The number of halogens is 1. The van der Waals surface area contributed by atoms with E-state index in [-0.39, 0.29) is 11.7 Å². The van der Waals surface area contributed by atoms with Gasteiger partial charge in [-0.05, 0) is 48.7 Å². The second kappa shape index (κ2) is 7.30.